The highest BCUT2D eigenvalue weighted by Crippen LogP contribution is 2.60. The monoisotopic (exact) mass is 429 g/mol. The van der Waals surface area contributed by atoms with Crippen LogP contribution < -0.4 is 5.32 Å². The van der Waals surface area contributed by atoms with Crippen LogP contribution in [0.15, 0.2) is 46.1 Å². The molecule has 3 atom stereocenters. The summed E-state index contributed by atoms with van der Waals surface area (Å²) in [4.78, 5) is 6.59. The van der Waals surface area contributed by atoms with Gasteiger partial charge in [-0.25, -0.2) is 8.42 Å². The second kappa shape index (κ2) is 7.70. The molecule has 0 radical (unpaired) electrons. The Kier molecular flexibility index (Phi) is 5.02. The van der Waals surface area contributed by atoms with Crippen LogP contribution in [0.2, 0.25) is 0 Å². The minimum Gasteiger partial charge on any atom is -0.364 e. The number of nitrogens with zero attached hydrogens (tertiary/aromatic N) is 4. The first-order valence-electron chi connectivity index (χ1n) is 10.5. The third-order valence-electron chi connectivity index (χ3n) is 6.66. The summed E-state index contributed by atoms with van der Waals surface area (Å²) in [5.41, 5.74) is 3.47. The highest BCUT2D eigenvalue weighted by atomic mass is 32.2. The lowest BCUT2D eigenvalue weighted by Crippen LogP contribution is -2.54. The van der Waals surface area contributed by atoms with Crippen molar-refractivity contribution in [2.75, 3.05) is 39.8 Å². The van der Waals surface area contributed by atoms with Crippen LogP contribution in [0.4, 0.5) is 0 Å². The summed E-state index contributed by atoms with van der Waals surface area (Å²) in [5, 5.41) is 7.25. The van der Waals surface area contributed by atoms with E-state index in [0.29, 0.717) is 43.7 Å². The molecular formula is C21H27N5O3S. The van der Waals surface area contributed by atoms with Gasteiger partial charge in [-0.1, -0.05) is 29.4 Å². The van der Waals surface area contributed by atoms with E-state index in [1.165, 1.54) is 28.1 Å². The number of aromatic nitrogens is 1. The van der Waals surface area contributed by atoms with Crippen LogP contribution in [-0.4, -0.2) is 68.5 Å². The zero-order valence-electron chi connectivity index (χ0n) is 17.1. The van der Waals surface area contributed by atoms with Crippen molar-refractivity contribution in [3.63, 3.8) is 0 Å². The molecule has 1 aromatic carbocycles. The molecule has 3 unspecified atom stereocenters. The number of guanidine groups is 1. The highest BCUT2D eigenvalue weighted by Gasteiger charge is 2.55. The molecule has 0 bridgehead atoms. The molecule has 0 spiro atoms. The molecule has 160 valence electrons. The predicted molar refractivity (Wildman–Crippen MR) is 114 cm³/mol. The van der Waals surface area contributed by atoms with Gasteiger partial charge in [-0.2, -0.15) is 4.31 Å². The molecule has 1 aliphatic heterocycles. The van der Waals surface area contributed by atoms with Crippen LogP contribution in [0.25, 0.3) is 0 Å². The van der Waals surface area contributed by atoms with E-state index >= 15 is 0 Å². The smallest absolute Gasteiger partial charge is 0.220 e. The first-order chi connectivity index (χ1) is 14.6. The minimum atomic E-state index is -3.39. The maximum atomic E-state index is 12.6. The third-order valence-corrected chi connectivity index (χ3v) is 8.47. The molecule has 1 N–H and O–H groups in total. The van der Waals surface area contributed by atoms with Crippen LogP contribution in [0.1, 0.15) is 22.7 Å². The summed E-state index contributed by atoms with van der Waals surface area (Å²) in [6, 6.07) is 10.4. The van der Waals surface area contributed by atoms with Crippen LogP contribution in [0, 0.1) is 11.8 Å². The molecule has 2 heterocycles. The molecule has 8 nitrogen and oxygen atoms in total. The highest BCUT2D eigenvalue weighted by molar-refractivity contribution is 7.88. The molecule has 30 heavy (non-hydrogen) atoms. The minimum absolute atomic E-state index is 0.123. The fraction of sp³-hybridized carbons (Fsp3) is 0.524. The summed E-state index contributed by atoms with van der Waals surface area (Å²) < 4.78 is 31.5. The SMILES string of the molecule is CN=C(NCC1C2Cc3ccccc3C12)N1CCN(S(=O)(=O)Cc2ccon2)CC1. The van der Waals surface area contributed by atoms with E-state index in [-0.39, 0.29) is 5.75 Å². The Morgan fingerprint density at radius 2 is 2.03 bits per heavy atom. The first kappa shape index (κ1) is 19.6. The van der Waals surface area contributed by atoms with Crippen molar-refractivity contribution in [1.29, 1.82) is 0 Å². The predicted octanol–water partition coefficient (Wildman–Crippen LogP) is 1.28. The maximum absolute atomic E-state index is 12.6. The molecule has 2 aromatic rings. The van der Waals surface area contributed by atoms with Crippen LogP contribution in [0.5, 0.6) is 0 Å². The summed E-state index contributed by atoms with van der Waals surface area (Å²) in [6.45, 7) is 3.06. The van der Waals surface area contributed by atoms with Gasteiger partial charge < -0.3 is 14.7 Å². The molecule has 0 amide bonds. The van der Waals surface area contributed by atoms with Crippen molar-refractivity contribution < 1.29 is 12.9 Å². The average Bonchev–Trinajstić information content (AvgIpc) is 3.08. The lowest BCUT2D eigenvalue weighted by atomic mass is 10.0. The van der Waals surface area contributed by atoms with E-state index in [0.717, 1.165) is 18.4 Å². The number of sulfonamides is 1. The third kappa shape index (κ3) is 3.60. The van der Waals surface area contributed by atoms with Crippen LogP contribution in [0.3, 0.4) is 0 Å². The quantitative estimate of drug-likeness (QED) is 0.569. The average molecular weight is 430 g/mol. The van der Waals surface area contributed by atoms with Gasteiger partial charge in [-0.15, -0.1) is 0 Å². The van der Waals surface area contributed by atoms with Crippen molar-refractivity contribution in [2.45, 2.75) is 18.1 Å². The van der Waals surface area contributed by atoms with Crippen LogP contribution in [-0.2, 0) is 22.2 Å². The van der Waals surface area contributed by atoms with E-state index in [1.807, 2.05) is 0 Å². The van der Waals surface area contributed by atoms with E-state index in [2.05, 4.69) is 44.6 Å². The van der Waals surface area contributed by atoms with Crippen LogP contribution >= 0.6 is 0 Å². The van der Waals surface area contributed by atoms with Gasteiger partial charge in [0.25, 0.3) is 0 Å². The Labute approximate surface area is 177 Å². The van der Waals surface area contributed by atoms with E-state index in [4.69, 9.17) is 4.52 Å². The molecule has 2 fully saturated rings. The van der Waals surface area contributed by atoms with Gasteiger partial charge in [0.15, 0.2) is 5.96 Å². The fourth-order valence-electron chi connectivity index (χ4n) is 5.07. The van der Waals surface area contributed by atoms with Crippen molar-refractivity contribution in [1.82, 2.24) is 19.7 Å². The Morgan fingerprint density at radius 3 is 2.77 bits per heavy atom. The Balaban J connectivity index is 1.13. The summed E-state index contributed by atoms with van der Waals surface area (Å²) in [6.07, 6.45) is 2.58. The van der Waals surface area contributed by atoms with Gasteiger partial charge in [0.2, 0.25) is 10.0 Å². The van der Waals surface area contributed by atoms with Gasteiger partial charge in [0.05, 0.1) is 5.69 Å². The number of rotatable bonds is 5. The molecular weight excluding hydrogens is 402 g/mol. The number of nitrogens with one attached hydrogen (secondary N) is 1. The standard InChI is InChI=1S/C21H27N5O3S/c1-22-21(23-13-19-18-12-15-4-2-3-5-17(15)20(18)19)25-7-9-26(10-8-25)30(27,28)14-16-6-11-29-24-16/h2-6,11,18-20H,7-10,12-14H2,1H3,(H,22,23). The maximum Gasteiger partial charge on any atom is 0.220 e. The topological polar surface area (TPSA) is 91.0 Å². The Morgan fingerprint density at radius 1 is 1.23 bits per heavy atom. The number of benzene rings is 1. The molecule has 9 heteroatoms. The number of piperazine rings is 1. The summed E-state index contributed by atoms with van der Waals surface area (Å²) in [7, 11) is -1.60. The molecule has 3 aliphatic rings. The number of hydrogen-bond acceptors (Lipinski definition) is 5. The van der Waals surface area contributed by atoms with E-state index in [9.17, 15) is 8.42 Å². The van der Waals surface area contributed by atoms with Gasteiger partial charge in [0.1, 0.15) is 12.0 Å². The fourth-order valence-corrected chi connectivity index (χ4v) is 6.50. The van der Waals surface area contributed by atoms with E-state index < -0.39 is 10.0 Å². The number of hydrogen-bond donors (Lipinski definition) is 1. The van der Waals surface area contributed by atoms with Gasteiger partial charge in [-0.3, -0.25) is 4.99 Å². The summed E-state index contributed by atoms with van der Waals surface area (Å²) >= 11 is 0. The lowest BCUT2D eigenvalue weighted by Gasteiger charge is -2.35. The zero-order valence-corrected chi connectivity index (χ0v) is 17.9. The second-order valence-electron chi connectivity index (χ2n) is 8.32. The Bertz CT molecular complexity index is 1030. The molecule has 1 aromatic heterocycles. The summed E-state index contributed by atoms with van der Waals surface area (Å²) in [5.74, 6) is 2.85. The van der Waals surface area contributed by atoms with Crippen molar-refractivity contribution in [3.8, 4) is 0 Å². The number of fused-ring (bicyclic) bond motifs is 3. The number of aliphatic imine (C=N–C) groups is 1. The van der Waals surface area contributed by atoms with E-state index in [1.54, 1.807) is 13.1 Å². The largest absolute Gasteiger partial charge is 0.364 e. The lowest BCUT2D eigenvalue weighted by molar-refractivity contribution is 0.259. The molecule has 1 saturated carbocycles. The van der Waals surface area contributed by atoms with Crippen molar-refractivity contribution in [3.05, 3.63) is 53.4 Å². The normalized spacial score (nSPS) is 26.4. The second-order valence-corrected chi connectivity index (χ2v) is 10.3. The molecule has 1 saturated heterocycles. The zero-order chi connectivity index (χ0) is 20.7. The Hall–Kier alpha value is -2.39. The van der Waals surface area contributed by atoms with Gasteiger partial charge in [-0.05, 0) is 35.3 Å². The first-order valence-corrected chi connectivity index (χ1v) is 12.1. The van der Waals surface area contributed by atoms with Gasteiger partial charge in [0, 0.05) is 45.8 Å². The van der Waals surface area contributed by atoms with Crippen molar-refractivity contribution >= 4 is 16.0 Å². The molecule has 5 rings (SSSR count). The van der Waals surface area contributed by atoms with Crippen molar-refractivity contribution in [2.24, 2.45) is 16.8 Å². The molecule has 2 aliphatic carbocycles. The van der Waals surface area contributed by atoms with Gasteiger partial charge >= 0.3 is 0 Å².